The SMILES string of the molecule is Cn1cc(C2CCN(C(=O)c3cc4c([nH]c3=O)CCSC4)CC2)cn1. The molecule has 0 bridgehead atoms. The van der Waals surface area contributed by atoms with Gasteiger partial charge in [0.25, 0.3) is 11.5 Å². The zero-order valence-corrected chi connectivity index (χ0v) is 15.1. The Morgan fingerprint density at radius 1 is 1.36 bits per heavy atom. The van der Waals surface area contributed by atoms with Gasteiger partial charge >= 0.3 is 0 Å². The fraction of sp³-hybridized carbons (Fsp3) is 0.500. The van der Waals surface area contributed by atoms with Gasteiger partial charge in [-0.1, -0.05) is 0 Å². The molecule has 1 saturated heterocycles. The molecule has 0 atom stereocenters. The zero-order chi connectivity index (χ0) is 17.4. The fourth-order valence-corrected chi connectivity index (χ4v) is 4.69. The third kappa shape index (κ3) is 3.25. The Bertz CT molecular complexity index is 849. The number of pyridine rings is 1. The number of thioether (sulfide) groups is 1. The van der Waals surface area contributed by atoms with Crippen LogP contribution in [0.15, 0.2) is 23.3 Å². The van der Waals surface area contributed by atoms with Crippen LogP contribution in [0.3, 0.4) is 0 Å². The van der Waals surface area contributed by atoms with Gasteiger partial charge in [-0.25, -0.2) is 0 Å². The summed E-state index contributed by atoms with van der Waals surface area (Å²) in [6, 6.07) is 1.82. The molecule has 2 aliphatic rings. The van der Waals surface area contributed by atoms with Crippen molar-refractivity contribution in [3.05, 3.63) is 51.2 Å². The maximum absolute atomic E-state index is 12.8. The number of aromatic amines is 1. The van der Waals surface area contributed by atoms with Crippen LogP contribution in [0.4, 0.5) is 0 Å². The third-order valence-corrected chi connectivity index (χ3v) is 6.19. The number of nitrogens with one attached hydrogen (secondary N) is 1. The van der Waals surface area contributed by atoms with E-state index in [0.717, 1.165) is 42.0 Å². The lowest BCUT2D eigenvalue weighted by Crippen LogP contribution is -2.40. The Balaban J connectivity index is 1.48. The first-order valence-electron chi connectivity index (χ1n) is 8.72. The minimum atomic E-state index is -0.245. The standard InChI is InChI=1S/C18H22N4O2S/c1-21-10-14(9-19-21)12-2-5-22(6-3-12)18(24)15-8-13-11-25-7-4-16(13)20-17(15)23/h8-10,12H,2-7,11H2,1H3,(H,20,23). The molecule has 0 aromatic carbocycles. The van der Waals surface area contributed by atoms with Crippen LogP contribution in [-0.4, -0.2) is 44.4 Å². The van der Waals surface area contributed by atoms with Gasteiger partial charge in [0.2, 0.25) is 0 Å². The summed E-state index contributed by atoms with van der Waals surface area (Å²) < 4.78 is 1.82. The van der Waals surface area contributed by atoms with E-state index >= 15 is 0 Å². The number of hydrogen-bond acceptors (Lipinski definition) is 4. The predicted molar refractivity (Wildman–Crippen MR) is 98.0 cm³/mol. The van der Waals surface area contributed by atoms with Crippen molar-refractivity contribution in [2.75, 3.05) is 18.8 Å². The van der Waals surface area contributed by atoms with Crippen LogP contribution in [0.1, 0.15) is 45.9 Å². The number of amides is 1. The Hall–Kier alpha value is -2.02. The third-order valence-electron chi connectivity index (χ3n) is 5.18. The summed E-state index contributed by atoms with van der Waals surface area (Å²) in [6.07, 6.45) is 6.66. The lowest BCUT2D eigenvalue weighted by atomic mass is 9.91. The maximum atomic E-state index is 12.8. The first kappa shape index (κ1) is 16.4. The van der Waals surface area contributed by atoms with Gasteiger partial charge in [0.05, 0.1) is 6.20 Å². The van der Waals surface area contributed by atoms with E-state index in [1.807, 2.05) is 46.9 Å². The number of H-pyrrole nitrogens is 1. The smallest absolute Gasteiger partial charge is 0.261 e. The fourth-order valence-electron chi connectivity index (χ4n) is 3.72. The summed E-state index contributed by atoms with van der Waals surface area (Å²) in [5, 5.41) is 4.23. The second-order valence-electron chi connectivity index (χ2n) is 6.83. The summed E-state index contributed by atoms with van der Waals surface area (Å²) in [4.78, 5) is 29.9. The molecule has 6 nitrogen and oxygen atoms in total. The summed E-state index contributed by atoms with van der Waals surface area (Å²) in [5.41, 5.74) is 3.38. The van der Waals surface area contributed by atoms with E-state index in [4.69, 9.17) is 0 Å². The molecule has 4 rings (SSSR count). The number of aryl methyl sites for hydroxylation is 2. The Morgan fingerprint density at radius 2 is 2.16 bits per heavy atom. The first-order valence-corrected chi connectivity index (χ1v) is 9.88. The van der Waals surface area contributed by atoms with E-state index in [9.17, 15) is 9.59 Å². The number of carbonyl (C=O) groups excluding carboxylic acids is 1. The summed E-state index contributed by atoms with van der Waals surface area (Å²) in [6.45, 7) is 1.37. The lowest BCUT2D eigenvalue weighted by Gasteiger charge is -2.31. The molecule has 0 radical (unpaired) electrons. The van der Waals surface area contributed by atoms with E-state index in [-0.39, 0.29) is 11.5 Å². The van der Waals surface area contributed by atoms with E-state index in [1.165, 1.54) is 5.56 Å². The molecule has 2 aromatic heterocycles. The Morgan fingerprint density at radius 3 is 2.88 bits per heavy atom. The highest BCUT2D eigenvalue weighted by atomic mass is 32.2. The molecule has 1 N–H and O–H groups in total. The molecule has 7 heteroatoms. The zero-order valence-electron chi connectivity index (χ0n) is 14.3. The van der Waals surface area contributed by atoms with Gasteiger partial charge in [-0.2, -0.15) is 16.9 Å². The van der Waals surface area contributed by atoms with Crippen molar-refractivity contribution >= 4 is 17.7 Å². The normalized spacial score (nSPS) is 18.2. The summed E-state index contributed by atoms with van der Waals surface area (Å²) >= 11 is 1.84. The van der Waals surface area contributed by atoms with Crippen molar-refractivity contribution in [3.63, 3.8) is 0 Å². The largest absolute Gasteiger partial charge is 0.338 e. The molecular weight excluding hydrogens is 336 g/mol. The van der Waals surface area contributed by atoms with Crippen LogP contribution in [0, 0.1) is 0 Å². The van der Waals surface area contributed by atoms with Crippen LogP contribution < -0.4 is 5.56 Å². The van der Waals surface area contributed by atoms with Crippen molar-refractivity contribution in [1.29, 1.82) is 0 Å². The number of piperidine rings is 1. The molecule has 0 aliphatic carbocycles. The minimum Gasteiger partial charge on any atom is -0.338 e. The molecule has 0 unspecified atom stereocenters. The Kier molecular flexibility index (Phi) is 4.41. The quantitative estimate of drug-likeness (QED) is 0.890. The topological polar surface area (TPSA) is 71.0 Å². The molecule has 4 heterocycles. The molecule has 0 spiro atoms. The van der Waals surface area contributed by atoms with Crippen molar-refractivity contribution in [3.8, 4) is 0 Å². The molecule has 2 aliphatic heterocycles. The number of carbonyl (C=O) groups is 1. The number of fused-ring (bicyclic) bond motifs is 1. The molecule has 1 fully saturated rings. The van der Waals surface area contributed by atoms with Crippen LogP contribution in [0.2, 0.25) is 0 Å². The second-order valence-corrected chi connectivity index (χ2v) is 7.94. The lowest BCUT2D eigenvalue weighted by molar-refractivity contribution is 0.0711. The van der Waals surface area contributed by atoms with Crippen LogP contribution in [-0.2, 0) is 19.2 Å². The predicted octanol–water partition coefficient (Wildman–Crippen LogP) is 1.92. The molecule has 25 heavy (non-hydrogen) atoms. The highest BCUT2D eigenvalue weighted by molar-refractivity contribution is 7.98. The van der Waals surface area contributed by atoms with Gasteiger partial charge in [-0.15, -0.1) is 0 Å². The van der Waals surface area contributed by atoms with Gasteiger partial charge < -0.3 is 9.88 Å². The van der Waals surface area contributed by atoms with E-state index in [0.29, 0.717) is 24.6 Å². The van der Waals surface area contributed by atoms with Crippen molar-refractivity contribution in [1.82, 2.24) is 19.7 Å². The van der Waals surface area contributed by atoms with Crippen LogP contribution >= 0.6 is 11.8 Å². The number of aromatic nitrogens is 3. The van der Waals surface area contributed by atoms with Gasteiger partial charge in [0.1, 0.15) is 5.56 Å². The van der Waals surface area contributed by atoms with Crippen LogP contribution in [0.25, 0.3) is 0 Å². The minimum absolute atomic E-state index is 0.135. The number of likely N-dealkylation sites (tertiary alicyclic amines) is 1. The van der Waals surface area contributed by atoms with E-state index in [1.54, 1.807) is 0 Å². The Labute approximate surface area is 150 Å². The average Bonchev–Trinajstić information content (AvgIpc) is 3.07. The summed E-state index contributed by atoms with van der Waals surface area (Å²) in [7, 11) is 1.92. The number of rotatable bonds is 2. The van der Waals surface area contributed by atoms with Crippen molar-refractivity contribution < 1.29 is 4.79 Å². The molecule has 132 valence electrons. The van der Waals surface area contributed by atoms with Gasteiger partial charge in [-0.3, -0.25) is 14.3 Å². The van der Waals surface area contributed by atoms with Crippen molar-refractivity contribution in [2.24, 2.45) is 7.05 Å². The highest BCUT2D eigenvalue weighted by Gasteiger charge is 2.27. The maximum Gasteiger partial charge on any atom is 0.261 e. The highest BCUT2D eigenvalue weighted by Crippen LogP contribution is 2.28. The van der Waals surface area contributed by atoms with E-state index < -0.39 is 0 Å². The average molecular weight is 358 g/mol. The van der Waals surface area contributed by atoms with Gasteiger partial charge in [-0.05, 0) is 48.1 Å². The van der Waals surface area contributed by atoms with E-state index in [2.05, 4.69) is 10.1 Å². The number of hydrogen-bond donors (Lipinski definition) is 1. The molecular formula is C18H22N4O2S. The molecule has 0 saturated carbocycles. The first-order chi connectivity index (χ1) is 12.1. The monoisotopic (exact) mass is 358 g/mol. The van der Waals surface area contributed by atoms with Gasteiger partial charge in [0, 0.05) is 37.8 Å². The second kappa shape index (κ2) is 6.71. The molecule has 1 amide bonds. The number of nitrogens with zero attached hydrogens (tertiary/aromatic N) is 3. The summed E-state index contributed by atoms with van der Waals surface area (Å²) in [5.74, 6) is 2.20. The molecule has 2 aromatic rings. The van der Waals surface area contributed by atoms with Crippen molar-refractivity contribution in [2.45, 2.75) is 30.9 Å². The van der Waals surface area contributed by atoms with Gasteiger partial charge in [0.15, 0.2) is 0 Å². The van der Waals surface area contributed by atoms with Crippen LogP contribution in [0.5, 0.6) is 0 Å².